The summed E-state index contributed by atoms with van der Waals surface area (Å²) >= 11 is 3.33. The molecule has 0 fully saturated rings. The second-order valence-electron chi connectivity index (χ2n) is 4.32. The first-order valence-corrected chi connectivity index (χ1v) is 6.53. The molecule has 0 aliphatic heterocycles. The van der Waals surface area contributed by atoms with Crippen molar-refractivity contribution in [3.05, 3.63) is 22.3 Å². The van der Waals surface area contributed by atoms with E-state index in [-0.39, 0.29) is 36.8 Å². The molecule has 0 aliphatic carbocycles. The fourth-order valence-corrected chi connectivity index (χ4v) is 1.73. The summed E-state index contributed by atoms with van der Waals surface area (Å²) in [5, 5.41) is 5.95. The SMILES string of the molecule is CNC(C)CNC(=O)c1cc(Br)cnc1N(C)C.Cl.Cl. The van der Waals surface area contributed by atoms with E-state index in [1.165, 1.54) is 0 Å². The summed E-state index contributed by atoms with van der Waals surface area (Å²) in [5.74, 6) is 0.544. The van der Waals surface area contributed by atoms with Crippen molar-refractivity contribution < 1.29 is 4.79 Å². The first kappa shape index (κ1) is 21.7. The van der Waals surface area contributed by atoms with Gasteiger partial charge in [0.2, 0.25) is 0 Å². The van der Waals surface area contributed by atoms with Gasteiger partial charge < -0.3 is 15.5 Å². The first-order chi connectivity index (χ1) is 8.45. The Labute approximate surface area is 140 Å². The van der Waals surface area contributed by atoms with Gasteiger partial charge in [-0.1, -0.05) is 0 Å². The number of halogens is 3. The number of amides is 1. The molecule has 2 N–H and O–H groups in total. The predicted octanol–water partition coefficient (Wildman–Crippen LogP) is 2.09. The zero-order valence-electron chi connectivity index (χ0n) is 11.9. The number of nitrogens with zero attached hydrogens (tertiary/aromatic N) is 2. The fourth-order valence-electron chi connectivity index (χ4n) is 1.40. The molecule has 1 aromatic heterocycles. The van der Waals surface area contributed by atoms with Gasteiger partial charge in [-0.3, -0.25) is 4.79 Å². The van der Waals surface area contributed by atoms with Crippen molar-refractivity contribution in [3.63, 3.8) is 0 Å². The largest absolute Gasteiger partial charge is 0.362 e. The van der Waals surface area contributed by atoms with E-state index in [0.717, 1.165) is 4.47 Å². The Hall–Kier alpha value is -0.560. The average molecular weight is 388 g/mol. The van der Waals surface area contributed by atoms with Crippen LogP contribution in [0.5, 0.6) is 0 Å². The van der Waals surface area contributed by atoms with Crippen LogP contribution in [-0.2, 0) is 0 Å². The van der Waals surface area contributed by atoms with Crippen molar-refractivity contribution in [2.75, 3.05) is 32.6 Å². The Kier molecular flexibility index (Phi) is 11.1. The Balaban J connectivity index is 0. The lowest BCUT2D eigenvalue weighted by Crippen LogP contribution is -2.37. The van der Waals surface area contributed by atoms with E-state index in [0.29, 0.717) is 17.9 Å². The van der Waals surface area contributed by atoms with Gasteiger partial charge >= 0.3 is 0 Å². The number of aromatic nitrogens is 1. The molecule has 0 radical (unpaired) electrons. The average Bonchev–Trinajstić information content (AvgIpc) is 2.34. The number of nitrogens with one attached hydrogen (secondary N) is 2. The van der Waals surface area contributed by atoms with Crippen molar-refractivity contribution >= 4 is 52.5 Å². The van der Waals surface area contributed by atoms with E-state index in [4.69, 9.17) is 0 Å². The number of hydrogen-bond donors (Lipinski definition) is 2. The van der Waals surface area contributed by atoms with Crippen molar-refractivity contribution in [2.24, 2.45) is 0 Å². The normalized spacial score (nSPS) is 10.8. The Bertz CT molecular complexity index is 432. The summed E-state index contributed by atoms with van der Waals surface area (Å²) in [6.07, 6.45) is 1.68. The molecule has 0 aliphatic rings. The lowest BCUT2D eigenvalue weighted by atomic mass is 10.2. The Morgan fingerprint density at radius 1 is 1.45 bits per heavy atom. The van der Waals surface area contributed by atoms with Gasteiger partial charge in [0.05, 0.1) is 5.56 Å². The van der Waals surface area contributed by atoms with E-state index in [2.05, 4.69) is 31.5 Å². The highest BCUT2D eigenvalue weighted by molar-refractivity contribution is 9.10. The molecular weight excluding hydrogens is 367 g/mol. The van der Waals surface area contributed by atoms with Crippen LogP contribution in [0.2, 0.25) is 0 Å². The van der Waals surface area contributed by atoms with Crippen LogP contribution in [0.3, 0.4) is 0 Å². The number of likely N-dealkylation sites (N-methyl/N-ethyl adjacent to an activating group) is 1. The minimum Gasteiger partial charge on any atom is -0.362 e. The van der Waals surface area contributed by atoms with Crippen molar-refractivity contribution in [2.45, 2.75) is 13.0 Å². The molecule has 8 heteroatoms. The van der Waals surface area contributed by atoms with Gasteiger partial charge in [0.1, 0.15) is 5.82 Å². The van der Waals surface area contributed by atoms with Gasteiger partial charge in [0.25, 0.3) is 5.91 Å². The van der Waals surface area contributed by atoms with Crippen molar-refractivity contribution in [1.29, 1.82) is 0 Å². The highest BCUT2D eigenvalue weighted by Gasteiger charge is 2.15. The highest BCUT2D eigenvalue weighted by Crippen LogP contribution is 2.19. The summed E-state index contributed by atoms with van der Waals surface area (Å²) in [7, 11) is 5.59. The van der Waals surface area contributed by atoms with E-state index in [1.807, 2.05) is 33.0 Å². The molecule has 1 amide bonds. The number of anilines is 1. The molecular formula is C12H21BrCl2N4O. The van der Waals surface area contributed by atoms with Crippen LogP contribution in [0.25, 0.3) is 0 Å². The maximum absolute atomic E-state index is 12.1. The van der Waals surface area contributed by atoms with Crippen LogP contribution in [0.15, 0.2) is 16.7 Å². The molecule has 1 heterocycles. The minimum absolute atomic E-state index is 0. The van der Waals surface area contributed by atoms with E-state index in [9.17, 15) is 4.79 Å². The summed E-state index contributed by atoms with van der Waals surface area (Å²) in [6.45, 7) is 2.58. The van der Waals surface area contributed by atoms with Gasteiger partial charge in [-0.15, -0.1) is 24.8 Å². The molecule has 1 rings (SSSR count). The standard InChI is InChI=1S/C12H19BrN4O.2ClH/c1-8(14-2)6-16-12(18)10-5-9(13)7-15-11(10)17(3)4;;/h5,7-8,14H,6H2,1-4H3,(H,16,18);2*1H. The molecule has 0 spiro atoms. The Morgan fingerprint density at radius 3 is 2.55 bits per heavy atom. The third kappa shape index (κ3) is 6.26. The van der Waals surface area contributed by atoms with E-state index in [1.54, 1.807) is 12.3 Å². The molecule has 1 aromatic rings. The van der Waals surface area contributed by atoms with Crippen molar-refractivity contribution in [1.82, 2.24) is 15.6 Å². The summed E-state index contributed by atoms with van der Waals surface area (Å²) < 4.78 is 0.792. The molecule has 0 saturated carbocycles. The second kappa shape index (κ2) is 10.2. The third-order valence-electron chi connectivity index (χ3n) is 2.56. The smallest absolute Gasteiger partial charge is 0.255 e. The number of hydrogen-bond acceptors (Lipinski definition) is 4. The minimum atomic E-state index is -0.116. The van der Waals surface area contributed by atoms with Crippen LogP contribution < -0.4 is 15.5 Å². The van der Waals surface area contributed by atoms with Crippen LogP contribution in [-0.4, -0.2) is 44.6 Å². The van der Waals surface area contributed by atoms with Crippen LogP contribution in [0.4, 0.5) is 5.82 Å². The number of carbonyl (C=O) groups is 1. The zero-order valence-corrected chi connectivity index (χ0v) is 15.2. The monoisotopic (exact) mass is 386 g/mol. The van der Waals surface area contributed by atoms with Crippen LogP contribution >= 0.6 is 40.7 Å². The Morgan fingerprint density at radius 2 is 2.05 bits per heavy atom. The lowest BCUT2D eigenvalue weighted by Gasteiger charge is -2.17. The summed E-state index contributed by atoms with van der Waals surface area (Å²) in [5.41, 5.74) is 0.567. The molecule has 0 aromatic carbocycles. The molecule has 0 saturated heterocycles. The molecule has 116 valence electrons. The zero-order chi connectivity index (χ0) is 13.7. The highest BCUT2D eigenvalue weighted by atomic mass is 79.9. The topological polar surface area (TPSA) is 57.3 Å². The van der Waals surface area contributed by atoms with Gasteiger partial charge in [0.15, 0.2) is 0 Å². The van der Waals surface area contributed by atoms with E-state index >= 15 is 0 Å². The predicted molar refractivity (Wildman–Crippen MR) is 91.6 cm³/mol. The van der Waals surface area contributed by atoms with Crippen LogP contribution in [0.1, 0.15) is 17.3 Å². The fraction of sp³-hybridized carbons (Fsp3) is 0.500. The van der Waals surface area contributed by atoms with Gasteiger partial charge in [-0.2, -0.15) is 0 Å². The maximum Gasteiger partial charge on any atom is 0.255 e. The number of pyridine rings is 1. The molecule has 1 atom stereocenters. The molecule has 5 nitrogen and oxygen atoms in total. The van der Waals surface area contributed by atoms with Crippen LogP contribution in [0, 0.1) is 0 Å². The lowest BCUT2D eigenvalue weighted by molar-refractivity contribution is 0.0950. The molecule has 1 unspecified atom stereocenters. The molecule has 0 bridgehead atoms. The quantitative estimate of drug-likeness (QED) is 0.812. The molecule has 20 heavy (non-hydrogen) atoms. The summed E-state index contributed by atoms with van der Waals surface area (Å²) in [4.78, 5) is 18.2. The summed E-state index contributed by atoms with van der Waals surface area (Å²) in [6, 6.07) is 2.01. The van der Waals surface area contributed by atoms with Gasteiger partial charge in [-0.05, 0) is 36.0 Å². The number of rotatable bonds is 5. The van der Waals surface area contributed by atoms with Gasteiger partial charge in [-0.25, -0.2) is 4.98 Å². The second-order valence-corrected chi connectivity index (χ2v) is 5.23. The third-order valence-corrected chi connectivity index (χ3v) is 3.00. The number of carbonyl (C=O) groups excluding carboxylic acids is 1. The van der Waals surface area contributed by atoms with E-state index < -0.39 is 0 Å². The maximum atomic E-state index is 12.1. The van der Waals surface area contributed by atoms with Crippen molar-refractivity contribution in [3.8, 4) is 0 Å². The van der Waals surface area contributed by atoms with Gasteiger partial charge in [0, 0.05) is 37.4 Å². The first-order valence-electron chi connectivity index (χ1n) is 5.74.